The van der Waals surface area contributed by atoms with Crippen LogP contribution in [0.15, 0.2) is 126 Å². The monoisotopic (exact) mass is 1190 g/mol. The molecule has 3 N–H and O–H groups in total. The average molecular weight is 1190 g/mol. The molecule has 10 rings (SSSR count). The first-order chi connectivity index (χ1) is 36.4. The Kier molecular flexibility index (Phi) is 23.0. The van der Waals surface area contributed by atoms with Gasteiger partial charge >= 0.3 is 24.1 Å². The van der Waals surface area contributed by atoms with E-state index in [9.17, 15) is 26.3 Å². The van der Waals surface area contributed by atoms with Crippen LogP contribution in [-0.2, 0) is 24.2 Å². The summed E-state index contributed by atoms with van der Waals surface area (Å²) in [6.07, 6.45) is 14.7. The lowest BCUT2D eigenvalue weighted by Crippen LogP contribution is -2.19. The zero-order chi connectivity index (χ0) is 55.1. The Morgan fingerprint density at radius 1 is 0.592 bits per heavy atom. The number of rotatable bonds is 9. The number of nitrogens with zero attached hydrogens (tertiary/aromatic N) is 17. The minimum Gasteiger partial charge on any atom is -0.382 e. The third kappa shape index (κ3) is 19.6. The number of hydrogen-bond acceptors (Lipinski definition) is 23. The summed E-state index contributed by atoms with van der Waals surface area (Å²) in [5, 5.41) is 10.8. The molecule has 0 saturated carbocycles. The van der Waals surface area contributed by atoms with Crippen LogP contribution in [0.3, 0.4) is 0 Å². The van der Waals surface area contributed by atoms with Crippen LogP contribution in [0.4, 0.5) is 55.4 Å². The Morgan fingerprint density at radius 2 is 1.09 bits per heavy atom. The van der Waals surface area contributed by atoms with Gasteiger partial charge in [-0.15, -0.1) is 22.7 Å². The molecule has 0 saturated heterocycles. The molecule has 0 fully saturated rings. The van der Waals surface area contributed by atoms with E-state index in [0.29, 0.717) is 55.9 Å². The molecule has 1 atom stereocenters. The standard InChI is InChI=1S/C17H12F3N7OS.C9H9N5.C8H4BrF3N2OS.C5H7N3.C4H3ClN2.BH2P/c1-10-6-22-8-14(24-10)27(13-7-21-4-5-23-13)9-11-2-3-12(29-11)15-25-16(28-26-15)17(18,19)20;1-7-4-11-6-9(13-7)14-8-5-10-2-3-12-8;9-3-4-1-2-5(16-4)6-13-7(15-14-6)8(10,11)12;1-4-2-7-3-5(6)8-4;5-4-3-6-1-2-7-4;1-2/h2-8H,9H2,1H3;2-6H,1H3,(H,12,13,14);1-2H,3H2;2-3H,1H3,(H2,6,8);1-3H;2H2. The van der Waals surface area contributed by atoms with E-state index >= 15 is 0 Å². The number of hydrogen-bond donors (Lipinski definition) is 2. The van der Waals surface area contributed by atoms with Crippen LogP contribution in [0.25, 0.3) is 21.4 Å². The van der Waals surface area contributed by atoms with Crippen molar-refractivity contribution < 1.29 is 35.4 Å². The van der Waals surface area contributed by atoms with Crippen LogP contribution < -0.4 is 16.0 Å². The molecule has 0 aliphatic heterocycles. The van der Waals surface area contributed by atoms with Crippen molar-refractivity contribution in [2.24, 2.45) is 0 Å². The summed E-state index contributed by atoms with van der Waals surface area (Å²) in [4.78, 5) is 59.6. The van der Waals surface area contributed by atoms with E-state index in [-0.39, 0.29) is 11.6 Å². The second-order valence-electron chi connectivity index (χ2n) is 14.1. The molecule has 392 valence electrons. The molecule has 2 radical (unpaired) electrons. The number of nitrogens with two attached hydrogens (primary N) is 1. The summed E-state index contributed by atoms with van der Waals surface area (Å²) < 4.78 is 83.0. The minimum atomic E-state index is -4.68. The van der Waals surface area contributed by atoms with Crippen molar-refractivity contribution in [3.8, 4) is 21.4 Å². The van der Waals surface area contributed by atoms with E-state index in [2.05, 4.69) is 118 Å². The third-order valence-electron chi connectivity index (χ3n) is 8.27. The molecule has 0 aliphatic carbocycles. The van der Waals surface area contributed by atoms with Crippen LogP contribution >= 0.6 is 59.3 Å². The fraction of sp³-hybridized carbons (Fsp3) is 0.163. The Bertz CT molecular complexity index is 3260. The van der Waals surface area contributed by atoms with Gasteiger partial charge in [-0.3, -0.25) is 29.9 Å². The second-order valence-corrected chi connectivity index (χ2v) is 17.3. The molecule has 10 heterocycles. The van der Waals surface area contributed by atoms with Gasteiger partial charge in [0, 0.05) is 70.9 Å². The smallest absolute Gasteiger partial charge is 0.382 e. The molecule has 0 aromatic carbocycles. The molecule has 0 spiro atoms. The Labute approximate surface area is 452 Å². The fourth-order valence-corrected chi connectivity index (χ4v) is 7.61. The molecule has 0 amide bonds. The summed E-state index contributed by atoms with van der Waals surface area (Å²) in [5.74, 6) is 0.0815. The largest absolute Gasteiger partial charge is 0.471 e. The van der Waals surface area contributed by atoms with Gasteiger partial charge in [-0.25, -0.2) is 29.9 Å². The lowest BCUT2D eigenvalue weighted by molar-refractivity contribution is -0.160. The van der Waals surface area contributed by atoms with E-state index in [0.717, 1.165) is 26.8 Å². The molecular formula is C43H37BBrClF6N19O2PS2. The van der Waals surface area contributed by atoms with Crippen molar-refractivity contribution in [2.45, 2.75) is 45.0 Å². The Balaban J connectivity index is 0.000000192. The lowest BCUT2D eigenvalue weighted by atomic mass is 10.3. The third-order valence-corrected chi connectivity index (χ3v) is 11.6. The first kappa shape index (κ1) is 59.3. The number of nitrogen functional groups attached to an aromatic ring is 1. The van der Waals surface area contributed by atoms with Crippen molar-refractivity contribution in [2.75, 3.05) is 16.0 Å². The quantitative estimate of drug-likeness (QED) is 0.0588. The number of aromatic nitrogens is 16. The van der Waals surface area contributed by atoms with E-state index in [1.807, 2.05) is 29.9 Å². The Hall–Kier alpha value is -7.60. The highest BCUT2D eigenvalue weighted by molar-refractivity contribution is 9.08. The summed E-state index contributed by atoms with van der Waals surface area (Å²) >= 11 is 11.2. The van der Waals surface area contributed by atoms with Gasteiger partial charge in [0.05, 0.1) is 78.1 Å². The van der Waals surface area contributed by atoms with Gasteiger partial charge in [0.25, 0.3) is 0 Å². The van der Waals surface area contributed by atoms with Gasteiger partial charge in [-0.05, 0) is 45.0 Å². The average Bonchev–Trinajstić information content (AvgIpc) is 4.26. The maximum atomic E-state index is 12.7. The number of halogens is 8. The normalized spacial score (nSPS) is 10.6. The zero-order valence-electron chi connectivity index (χ0n) is 39.4. The molecular weight excluding hydrogens is 1150 g/mol. The molecule has 0 bridgehead atoms. The van der Waals surface area contributed by atoms with E-state index < -0.39 is 24.1 Å². The zero-order valence-corrected chi connectivity index (χ0v) is 44.5. The van der Waals surface area contributed by atoms with Crippen LogP contribution in [0.2, 0.25) is 5.15 Å². The van der Waals surface area contributed by atoms with Crippen molar-refractivity contribution >= 4 is 96.0 Å². The van der Waals surface area contributed by atoms with E-state index in [1.54, 1.807) is 110 Å². The molecule has 0 aliphatic rings. The van der Waals surface area contributed by atoms with Crippen molar-refractivity contribution in [3.63, 3.8) is 0 Å². The number of alkyl halides is 7. The predicted molar refractivity (Wildman–Crippen MR) is 278 cm³/mol. The molecule has 21 nitrogen and oxygen atoms in total. The minimum absolute atomic E-state index is 0.0375. The first-order valence-electron chi connectivity index (χ1n) is 20.9. The van der Waals surface area contributed by atoms with Crippen LogP contribution in [0.5, 0.6) is 0 Å². The maximum Gasteiger partial charge on any atom is 0.471 e. The predicted octanol–water partition coefficient (Wildman–Crippen LogP) is 10.5. The van der Waals surface area contributed by atoms with Crippen LogP contribution in [0.1, 0.15) is 38.6 Å². The molecule has 33 heteroatoms. The Morgan fingerprint density at radius 3 is 1.53 bits per heavy atom. The summed E-state index contributed by atoms with van der Waals surface area (Å²) in [6, 6.07) is 6.86. The van der Waals surface area contributed by atoms with Crippen LogP contribution in [-0.4, -0.2) is 87.7 Å². The van der Waals surface area contributed by atoms with Gasteiger partial charge in [-0.2, -0.15) is 45.4 Å². The number of thiophene rings is 2. The second kappa shape index (κ2) is 29.5. The van der Waals surface area contributed by atoms with E-state index in [4.69, 9.17) is 17.3 Å². The SMILES string of the molecule is Cc1cncc(N(Cc2ccc(-c3noc(C(F)(F)F)n3)s2)c2cnccn2)n1.Cc1cncc(N)n1.Cc1cncc(Nc2cnccn2)n1.Clc1cnccn1.FC(F)(F)c1nc(-c2ccc(CBr)s2)no1.[B]P. The number of nitrogens with one attached hydrogen (secondary N) is 1. The lowest BCUT2D eigenvalue weighted by Gasteiger charge is -2.21. The van der Waals surface area contributed by atoms with Gasteiger partial charge in [0.15, 0.2) is 11.6 Å². The number of aryl methyl sites for hydroxylation is 3. The van der Waals surface area contributed by atoms with E-state index in [1.165, 1.54) is 35.1 Å². The first-order valence-corrected chi connectivity index (χ1v) is 24.7. The van der Waals surface area contributed by atoms with Crippen LogP contribution in [0, 0.1) is 20.8 Å². The molecule has 10 aromatic heterocycles. The number of anilines is 5. The highest BCUT2D eigenvalue weighted by Crippen LogP contribution is 2.34. The highest BCUT2D eigenvalue weighted by Gasteiger charge is 2.39. The molecule has 10 aromatic rings. The molecule has 1 unspecified atom stereocenters. The highest BCUT2D eigenvalue weighted by atomic mass is 79.9. The maximum absolute atomic E-state index is 12.7. The van der Waals surface area contributed by atoms with Crippen molar-refractivity contribution in [1.29, 1.82) is 0 Å². The molecule has 76 heavy (non-hydrogen) atoms. The summed E-state index contributed by atoms with van der Waals surface area (Å²) in [5.41, 5.74) is 7.73. The van der Waals surface area contributed by atoms with Gasteiger partial charge in [0.1, 0.15) is 22.6 Å². The van der Waals surface area contributed by atoms with Crippen molar-refractivity contribution in [1.82, 2.24) is 80.1 Å². The fourth-order valence-electron chi connectivity index (χ4n) is 5.26. The van der Waals surface area contributed by atoms with Crippen molar-refractivity contribution in [3.05, 3.63) is 161 Å². The topological polar surface area (TPSA) is 274 Å². The summed E-state index contributed by atoms with van der Waals surface area (Å²) in [7, 11) is 6.33. The van der Waals surface area contributed by atoms with Gasteiger partial charge in [-0.1, -0.05) is 37.8 Å². The van der Waals surface area contributed by atoms with Gasteiger partial charge in [0.2, 0.25) is 11.6 Å². The summed E-state index contributed by atoms with van der Waals surface area (Å²) in [6.45, 7) is 5.91. The van der Waals surface area contributed by atoms with Gasteiger partial charge < -0.3 is 25.0 Å².